The second-order valence-corrected chi connectivity index (χ2v) is 4.71. The number of carbonyl (C=O) groups is 1. The first-order valence-electron chi connectivity index (χ1n) is 6.29. The van der Waals surface area contributed by atoms with Gasteiger partial charge in [-0.1, -0.05) is 18.2 Å². The molecule has 106 valence electrons. The van der Waals surface area contributed by atoms with Gasteiger partial charge in [-0.2, -0.15) is 0 Å². The summed E-state index contributed by atoms with van der Waals surface area (Å²) in [4.78, 5) is 23.9. The van der Waals surface area contributed by atoms with Crippen LogP contribution in [0.4, 0.5) is 0 Å². The highest BCUT2D eigenvalue weighted by Crippen LogP contribution is 2.12. The van der Waals surface area contributed by atoms with Gasteiger partial charge in [-0.05, 0) is 26.0 Å². The summed E-state index contributed by atoms with van der Waals surface area (Å²) in [6, 6.07) is 8.92. The van der Waals surface area contributed by atoms with Crippen LogP contribution in [0.1, 0.15) is 23.0 Å². The van der Waals surface area contributed by atoms with Gasteiger partial charge >= 0.3 is 0 Å². The third-order valence-corrected chi connectivity index (χ3v) is 3.08. The molecule has 6 heteroatoms. The highest BCUT2D eigenvalue weighted by Gasteiger charge is 2.22. The SMILES string of the molecule is Cc1c(C(N)=O)c(=O)n(-c2ccccc2)n1C[C@@H](C)O. The molecule has 0 unspecified atom stereocenters. The Morgan fingerprint density at radius 2 is 1.95 bits per heavy atom. The standard InChI is InChI=1S/C14H17N3O3/c1-9(18)8-16-10(2)12(13(15)19)14(20)17(16)11-6-4-3-5-7-11/h3-7,9,18H,8H2,1-2H3,(H2,15,19)/t9-/m1/s1. The van der Waals surface area contributed by atoms with E-state index in [1.54, 1.807) is 42.8 Å². The van der Waals surface area contributed by atoms with E-state index in [0.29, 0.717) is 11.4 Å². The van der Waals surface area contributed by atoms with Gasteiger partial charge in [0.2, 0.25) is 0 Å². The van der Waals surface area contributed by atoms with Gasteiger partial charge in [0.25, 0.3) is 11.5 Å². The molecule has 1 atom stereocenters. The highest BCUT2D eigenvalue weighted by atomic mass is 16.3. The number of primary amides is 1. The molecule has 0 saturated heterocycles. The molecule has 0 bridgehead atoms. The average molecular weight is 275 g/mol. The number of nitrogens with two attached hydrogens (primary N) is 1. The molecule has 0 aliphatic heterocycles. The lowest BCUT2D eigenvalue weighted by Crippen LogP contribution is -2.27. The zero-order valence-electron chi connectivity index (χ0n) is 11.4. The van der Waals surface area contributed by atoms with Crippen molar-refractivity contribution in [3.8, 4) is 5.69 Å². The van der Waals surface area contributed by atoms with Crippen LogP contribution in [0.2, 0.25) is 0 Å². The molecule has 0 aliphatic rings. The van der Waals surface area contributed by atoms with Crippen LogP contribution >= 0.6 is 0 Å². The molecule has 0 fully saturated rings. The van der Waals surface area contributed by atoms with E-state index in [1.807, 2.05) is 6.07 Å². The summed E-state index contributed by atoms with van der Waals surface area (Å²) in [5.74, 6) is -0.762. The predicted octanol–water partition coefficient (Wildman–Crippen LogP) is 0.427. The van der Waals surface area contributed by atoms with Crippen molar-refractivity contribution >= 4 is 5.91 Å². The zero-order valence-corrected chi connectivity index (χ0v) is 11.4. The smallest absolute Gasteiger partial charge is 0.284 e. The molecule has 6 nitrogen and oxygen atoms in total. The van der Waals surface area contributed by atoms with Crippen molar-refractivity contribution in [1.82, 2.24) is 9.36 Å². The minimum Gasteiger partial charge on any atom is -0.391 e. The summed E-state index contributed by atoms with van der Waals surface area (Å²) in [7, 11) is 0. The van der Waals surface area contributed by atoms with Crippen molar-refractivity contribution in [3.05, 3.63) is 51.9 Å². The van der Waals surface area contributed by atoms with Gasteiger partial charge in [0.15, 0.2) is 0 Å². The Bertz CT molecular complexity index is 684. The minimum atomic E-state index is -0.762. The highest BCUT2D eigenvalue weighted by molar-refractivity contribution is 5.93. The van der Waals surface area contributed by atoms with Crippen molar-refractivity contribution in [2.24, 2.45) is 5.73 Å². The molecule has 2 aromatic rings. The molecule has 1 heterocycles. The lowest BCUT2D eigenvalue weighted by molar-refractivity contribution is 0.0998. The number of rotatable bonds is 4. The number of nitrogens with zero attached hydrogens (tertiary/aromatic N) is 2. The van der Waals surface area contributed by atoms with Gasteiger partial charge in [0.05, 0.1) is 24.0 Å². The maximum absolute atomic E-state index is 12.4. The van der Waals surface area contributed by atoms with E-state index in [2.05, 4.69) is 0 Å². The molecule has 0 radical (unpaired) electrons. The normalized spacial score (nSPS) is 12.3. The fourth-order valence-electron chi connectivity index (χ4n) is 2.23. The van der Waals surface area contributed by atoms with Crippen molar-refractivity contribution in [2.75, 3.05) is 0 Å². The first-order chi connectivity index (χ1) is 9.43. The summed E-state index contributed by atoms with van der Waals surface area (Å²) in [6.07, 6.45) is -0.656. The van der Waals surface area contributed by atoms with E-state index >= 15 is 0 Å². The van der Waals surface area contributed by atoms with Crippen molar-refractivity contribution in [3.63, 3.8) is 0 Å². The van der Waals surface area contributed by atoms with E-state index in [1.165, 1.54) is 4.68 Å². The van der Waals surface area contributed by atoms with Crippen LogP contribution in [0.3, 0.4) is 0 Å². The van der Waals surface area contributed by atoms with E-state index in [0.717, 1.165) is 0 Å². The van der Waals surface area contributed by atoms with Gasteiger partial charge in [-0.15, -0.1) is 0 Å². The van der Waals surface area contributed by atoms with E-state index in [4.69, 9.17) is 5.73 Å². The molecular formula is C14H17N3O3. The van der Waals surface area contributed by atoms with E-state index in [-0.39, 0.29) is 12.1 Å². The zero-order chi connectivity index (χ0) is 14.9. The summed E-state index contributed by atoms with van der Waals surface area (Å²) in [6.45, 7) is 3.45. The van der Waals surface area contributed by atoms with Gasteiger partial charge in [0, 0.05) is 0 Å². The number of hydrogen-bond donors (Lipinski definition) is 2. The third kappa shape index (κ3) is 2.37. The Kier molecular flexibility index (Phi) is 3.76. The molecule has 20 heavy (non-hydrogen) atoms. The molecule has 3 N–H and O–H groups in total. The molecular weight excluding hydrogens is 258 g/mol. The quantitative estimate of drug-likeness (QED) is 0.847. The van der Waals surface area contributed by atoms with Crippen LogP contribution in [-0.4, -0.2) is 26.5 Å². The molecule has 0 saturated carbocycles. The molecule has 2 rings (SSSR count). The number of aliphatic hydroxyl groups is 1. The number of hydrogen-bond acceptors (Lipinski definition) is 3. The van der Waals surface area contributed by atoms with Crippen LogP contribution in [0.5, 0.6) is 0 Å². The first-order valence-corrected chi connectivity index (χ1v) is 6.29. The lowest BCUT2D eigenvalue weighted by Gasteiger charge is -2.15. The summed E-state index contributed by atoms with van der Waals surface area (Å²) >= 11 is 0. The second-order valence-electron chi connectivity index (χ2n) is 4.71. The van der Waals surface area contributed by atoms with Gasteiger partial charge in [-0.3, -0.25) is 14.3 Å². The van der Waals surface area contributed by atoms with Crippen molar-refractivity contribution in [1.29, 1.82) is 0 Å². The maximum atomic E-state index is 12.4. The Morgan fingerprint density at radius 1 is 1.35 bits per heavy atom. The minimum absolute atomic E-state index is 0.0468. The Balaban J connectivity index is 2.75. The topological polar surface area (TPSA) is 90.3 Å². The molecule has 1 aromatic carbocycles. The molecule has 1 amide bonds. The van der Waals surface area contributed by atoms with E-state index < -0.39 is 17.6 Å². The fraction of sp³-hybridized carbons (Fsp3) is 0.286. The maximum Gasteiger partial charge on any atom is 0.284 e. The van der Waals surface area contributed by atoms with Crippen LogP contribution in [0.15, 0.2) is 35.1 Å². The van der Waals surface area contributed by atoms with Crippen LogP contribution in [-0.2, 0) is 6.54 Å². The summed E-state index contributed by atoms with van der Waals surface area (Å²) in [5.41, 5.74) is 5.83. The number of para-hydroxylation sites is 1. The molecule has 0 aliphatic carbocycles. The van der Waals surface area contributed by atoms with Crippen LogP contribution in [0, 0.1) is 6.92 Å². The number of amides is 1. The van der Waals surface area contributed by atoms with Gasteiger partial charge in [0.1, 0.15) is 5.56 Å². The van der Waals surface area contributed by atoms with Gasteiger partial charge in [-0.25, -0.2) is 4.68 Å². The molecule has 1 aromatic heterocycles. The predicted molar refractivity (Wildman–Crippen MR) is 75.0 cm³/mol. The second kappa shape index (κ2) is 5.34. The van der Waals surface area contributed by atoms with Crippen molar-refractivity contribution < 1.29 is 9.90 Å². The molecule has 0 spiro atoms. The third-order valence-electron chi connectivity index (χ3n) is 3.08. The van der Waals surface area contributed by atoms with E-state index in [9.17, 15) is 14.7 Å². The summed E-state index contributed by atoms with van der Waals surface area (Å²) in [5, 5.41) is 9.59. The van der Waals surface area contributed by atoms with Crippen LogP contribution < -0.4 is 11.3 Å². The fourth-order valence-corrected chi connectivity index (χ4v) is 2.23. The monoisotopic (exact) mass is 275 g/mol. The Labute approximate surface area is 116 Å². The largest absolute Gasteiger partial charge is 0.391 e. The summed E-state index contributed by atoms with van der Waals surface area (Å²) < 4.78 is 2.94. The van der Waals surface area contributed by atoms with Crippen LogP contribution in [0.25, 0.3) is 5.69 Å². The average Bonchev–Trinajstić information content (AvgIpc) is 2.61. The number of aromatic nitrogens is 2. The lowest BCUT2D eigenvalue weighted by atomic mass is 10.2. The number of aliphatic hydroxyl groups excluding tert-OH is 1. The Hall–Kier alpha value is -2.34. The first kappa shape index (κ1) is 14.1. The van der Waals surface area contributed by atoms with Gasteiger partial charge < -0.3 is 10.8 Å². The Morgan fingerprint density at radius 3 is 2.45 bits per heavy atom. The number of carbonyl (C=O) groups excluding carboxylic acids is 1. The number of benzene rings is 1. The van der Waals surface area contributed by atoms with Crippen molar-refractivity contribution in [2.45, 2.75) is 26.5 Å².